The molecule has 1 rings (SSSR count). The molecule has 98 valence electrons. The summed E-state index contributed by atoms with van der Waals surface area (Å²) in [5.41, 5.74) is 1.36. The highest BCUT2D eigenvalue weighted by atomic mass is 35.5. The number of rotatable bonds is 4. The Morgan fingerprint density at radius 3 is 2.72 bits per heavy atom. The van der Waals surface area contributed by atoms with E-state index in [-0.39, 0.29) is 6.54 Å². The molecule has 0 saturated carbocycles. The summed E-state index contributed by atoms with van der Waals surface area (Å²) < 4.78 is 0. The molecule has 0 aliphatic heterocycles. The first-order valence-electron chi connectivity index (χ1n) is 5.44. The normalized spacial score (nSPS) is 11.7. The molecule has 1 aromatic carbocycles. The molecule has 1 aromatic rings. The van der Waals surface area contributed by atoms with E-state index in [1.54, 1.807) is 25.1 Å². The number of carboxylic acids is 1. The van der Waals surface area contributed by atoms with Gasteiger partial charge in [-0.3, -0.25) is 4.79 Å². The van der Waals surface area contributed by atoms with Crippen LogP contribution in [0.2, 0.25) is 5.02 Å². The average molecular weight is 271 g/mol. The molecule has 0 fully saturated rings. The minimum Gasteiger partial charge on any atom is -0.481 e. The van der Waals surface area contributed by atoms with E-state index >= 15 is 0 Å². The fourth-order valence-electron chi connectivity index (χ4n) is 1.24. The Bertz CT molecular complexity index is 463. The highest BCUT2D eigenvalue weighted by molar-refractivity contribution is 6.31. The van der Waals surface area contributed by atoms with E-state index in [0.29, 0.717) is 10.7 Å². The fourth-order valence-corrected chi connectivity index (χ4v) is 1.42. The van der Waals surface area contributed by atoms with Gasteiger partial charge in [0.2, 0.25) is 0 Å². The molecule has 0 saturated heterocycles. The van der Waals surface area contributed by atoms with Crippen molar-refractivity contribution in [1.82, 2.24) is 5.32 Å². The van der Waals surface area contributed by atoms with Crippen LogP contribution in [0.15, 0.2) is 18.2 Å². The number of amides is 2. The van der Waals surface area contributed by atoms with Crippen molar-refractivity contribution in [3.8, 4) is 0 Å². The van der Waals surface area contributed by atoms with Gasteiger partial charge in [-0.1, -0.05) is 24.6 Å². The summed E-state index contributed by atoms with van der Waals surface area (Å²) in [6.45, 7) is 3.38. The van der Waals surface area contributed by atoms with Crippen molar-refractivity contribution in [1.29, 1.82) is 0 Å². The van der Waals surface area contributed by atoms with Crippen LogP contribution in [0, 0.1) is 12.8 Å². The lowest BCUT2D eigenvalue weighted by Gasteiger charge is -2.12. The van der Waals surface area contributed by atoms with Crippen molar-refractivity contribution < 1.29 is 14.7 Å². The van der Waals surface area contributed by atoms with Crippen LogP contribution in [0.4, 0.5) is 10.5 Å². The van der Waals surface area contributed by atoms with E-state index in [1.807, 2.05) is 0 Å². The lowest BCUT2D eigenvalue weighted by atomic mass is 10.2. The number of carbonyl (C=O) groups excluding carboxylic acids is 1. The molecule has 5 nitrogen and oxygen atoms in total. The van der Waals surface area contributed by atoms with Crippen molar-refractivity contribution in [2.75, 3.05) is 11.9 Å². The van der Waals surface area contributed by atoms with Gasteiger partial charge in [0, 0.05) is 17.3 Å². The molecule has 0 aliphatic rings. The summed E-state index contributed by atoms with van der Waals surface area (Å²) >= 11 is 5.92. The second-order valence-corrected chi connectivity index (χ2v) is 4.39. The van der Waals surface area contributed by atoms with Crippen LogP contribution in [0.3, 0.4) is 0 Å². The van der Waals surface area contributed by atoms with E-state index in [0.717, 1.165) is 5.56 Å². The summed E-state index contributed by atoms with van der Waals surface area (Å²) in [5.74, 6) is -1.58. The second kappa shape index (κ2) is 6.26. The van der Waals surface area contributed by atoms with Crippen LogP contribution in [0.25, 0.3) is 0 Å². The first-order valence-corrected chi connectivity index (χ1v) is 5.82. The summed E-state index contributed by atoms with van der Waals surface area (Å²) in [5, 5.41) is 14.3. The standard InChI is InChI=1S/C12H15ClN2O3/c1-7(11(16)17)6-14-12(18)15-10-5-3-4-9(13)8(10)2/h3-5,7H,6H2,1-2H3,(H,16,17)(H2,14,15,18). The van der Waals surface area contributed by atoms with E-state index in [1.165, 1.54) is 6.92 Å². The molecule has 1 unspecified atom stereocenters. The summed E-state index contributed by atoms with van der Waals surface area (Å²) in [7, 11) is 0. The van der Waals surface area contributed by atoms with Gasteiger partial charge in [-0.05, 0) is 24.6 Å². The number of anilines is 1. The molecule has 18 heavy (non-hydrogen) atoms. The quantitative estimate of drug-likeness (QED) is 0.786. The molecule has 2 amide bonds. The van der Waals surface area contributed by atoms with Gasteiger partial charge in [0.25, 0.3) is 0 Å². The van der Waals surface area contributed by atoms with Gasteiger partial charge in [-0.15, -0.1) is 0 Å². The Kier molecular flexibility index (Phi) is 4.97. The largest absolute Gasteiger partial charge is 0.481 e. The van der Waals surface area contributed by atoms with Gasteiger partial charge in [0.1, 0.15) is 0 Å². The Hall–Kier alpha value is -1.75. The third-order valence-corrected chi connectivity index (χ3v) is 2.92. The van der Waals surface area contributed by atoms with Gasteiger partial charge in [0.05, 0.1) is 5.92 Å². The fraction of sp³-hybridized carbons (Fsp3) is 0.333. The minimum atomic E-state index is -0.950. The molecule has 1 atom stereocenters. The second-order valence-electron chi connectivity index (χ2n) is 3.99. The van der Waals surface area contributed by atoms with Crippen LogP contribution in [0.5, 0.6) is 0 Å². The molecular formula is C12H15ClN2O3. The molecule has 3 N–H and O–H groups in total. The zero-order chi connectivity index (χ0) is 13.7. The van der Waals surface area contributed by atoms with E-state index in [9.17, 15) is 9.59 Å². The molecule has 0 heterocycles. The highest BCUT2D eigenvalue weighted by Gasteiger charge is 2.12. The topological polar surface area (TPSA) is 78.4 Å². The van der Waals surface area contributed by atoms with E-state index < -0.39 is 17.9 Å². The zero-order valence-electron chi connectivity index (χ0n) is 10.2. The molecule has 0 bridgehead atoms. The van der Waals surface area contributed by atoms with Crippen LogP contribution < -0.4 is 10.6 Å². The van der Waals surface area contributed by atoms with Gasteiger partial charge < -0.3 is 15.7 Å². The number of carboxylic acid groups (broad SMARTS) is 1. The average Bonchev–Trinajstić information content (AvgIpc) is 2.32. The Balaban J connectivity index is 2.55. The number of nitrogens with one attached hydrogen (secondary N) is 2. The maximum Gasteiger partial charge on any atom is 0.319 e. The van der Waals surface area contributed by atoms with Crippen molar-refractivity contribution in [3.05, 3.63) is 28.8 Å². The lowest BCUT2D eigenvalue weighted by molar-refractivity contribution is -0.140. The van der Waals surface area contributed by atoms with Crippen LogP contribution >= 0.6 is 11.6 Å². The molecule has 0 radical (unpaired) electrons. The van der Waals surface area contributed by atoms with Crippen LogP contribution in [-0.4, -0.2) is 23.7 Å². The molecule has 0 aromatic heterocycles. The predicted octanol–water partition coefficient (Wildman–Crippen LogP) is 2.49. The van der Waals surface area contributed by atoms with Crippen molar-refractivity contribution >= 4 is 29.3 Å². The SMILES string of the molecule is Cc1c(Cl)cccc1NC(=O)NCC(C)C(=O)O. The smallest absolute Gasteiger partial charge is 0.319 e. The monoisotopic (exact) mass is 270 g/mol. The molecular weight excluding hydrogens is 256 g/mol. The minimum absolute atomic E-state index is 0.0702. The third kappa shape index (κ3) is 3.92. The van der Waals surface area contributed by atoms with Gasteiger partial charge >= 0.3 is 12.0 Å². The molecule has 0 spiro atoms. The van der Waals surface area contributed by atoms with Crippen LogP contribution in [-0.2, 0) is 4.79 Å². The maximum atomic E-state index is 11.5. The first kappa shape index (κ1) is 14.3. The van der Waals surface area contributed by atoms with Gasteiger partial charge in [0.15, 0.2) is 0 Å². The number of hydrogen-bond acceptors (Lipinski definition) is 2. The van der Waals surface area contributed by atoms with Crippen molar-refractivity contribution in [2.45, 2.75) is 13.8 Å². The first-order chi connectivity index (χ1) is 8.41. The molecule has 6 heteroatoms. The number of urea groups is 1. The van der Waals surface area contributed by atoms with E-state index in [2.05, 4.69) is 10.6 Å². The Labute approximate surface area is 110 Å². The lowest BCUT2D eigenvalue weighted by Crippen LogP contribution is -2.34. The van der Waals surface area contributed by atoms with Crippen molar-refractivity contribution in [2.24, 2.45) is 5.92 Å². The van der Waals surface area contributed by atoms with E-state index in [4.69, 9.17) is 16.7 Å². The van der Waals surface area contributed by atoms with Gasteiger partial charge in [-0.2, -0.15) is 0 Å². The maximum absolute atomic E-state index is 11.5. The number of benzene rings is 1. The number of hydrogen-bond donors (Lipinski definition) is 3. The number of carbonyl (C=O) groups is 2. The third-order valence-electron chi connectivity index (χ3n) is 2.51. The highest BCUT2D eigenvalue weighted by Crippen LogP contribution is 2.22. The van der Waals surface area contributed by atoms with Gasteiger partial charge in [-0.25, -0.2) is 4.79 Å². The Morgan fingerprint density at radius 2 is 2.11 bits per heavy atom. The van der Waals surface area contributed by atoms with Crippen molar-refractivity contribution in [3.63, 3.8) is 0 Å². The number of halogens is 1. The summed E-state index contributed by atoms with van der Waals surface area (Å²) in [6, 6.07) is 4.73. The summed E-state index contributed by atoms with van der Waals surface area (Å²) in [6.07, 6.45) is 0. The summed E-state index contributed by atoms with van der Waals surface area (Å²) in [4.78, 5) is 22.1. The Morgan fingerprint density at radius 1 is 1.44 bits per heavy atom. The molecule has 0 aliphatic carbocycles. The zero-order valence-corrected chi connectivity index (χ0v) is 10.9. The predicted molar refractivity (Wildman–Crippen MR) is 70.0 cm³/mol. The van der Waals surface area contributed by atoms with Crippen LogP contribution in [0.1, 0.15) is 12.5 Å². The number of aliphatic carboxylic acids is 1.